The molecule has 2 heterocycles. The molecule has 1 aliphatic heterocycles. The molecular formula is C13H14ClN5O. The van der Waals surface area contributed by atoms with Crippen molar-refractivity contribution in [1.82, 2.24) is 20.1 Å². The van der Waals surface area contributed by atoms with Crippen molar-refractivity contribution in [3.8, 4) is 0 Å². The van der Waals surface area contributed by atoms with E-state index in [0.29, 0.717) is 17.3 Å². The Hall–Kier alpha value is -2.08. The summed E-state index contributed by atoms with van der Waals surface area (Å²) in [5.41, 5.74) is 0.654. The van der Waals surface area contributed by atoms with Crippen molar-refractivity contribution >= 4 is 23.3 Å². The summed E-state index contributed by atoms with van der Waals surface area (Å²) in [6.07, 6.45) is 2.05. The third-order valence-corrected chi connectivity index (χ3v) is 3.41. The smallest absolute Gasteiger partial charge is 0.319 e. The number of urea groups is 1. The number of hydrogen-bond donors (Lipinski definition) is 2. The molecule has 0 spiro atoms. The molecule has 0 saturated heterocycles. The minimum absolute atomic E-state index is 0.289. The van der Waals surface area contributed by atoms with Gasteiger partial charge in [-0.1, -0.05) is 17.7 Å². The summed E-state index contributed by atoms with van der Waals surface area (Å²) in [5.74, 6) is 1.79. The van der Waals surface area contributed by atoms with E-state index in [1.807, 2.05) is 0 Å². The quantitative estimate of drug-likeness (QED) is 0.910. The van der Waals surface area contributed by atoms with Crippen molar-refractivity contribution in [3.63, 3.8) is 0 Å². The summed E-state index contributed by atoms with van der Waals surface area (Å²) in [6.45, 7) is 1.29. The van der Waals surface area contributed by atoms with Crippen LogP contribution >= 0.6 is 11.6 Å². The number of fused-ring (bicyclic) bond motifs is 1. The van der Waals surface area contributed by atoms with E-state index in [2.05, 4.69) is 25.4 Å². The van der Waals surface area contributed by atoms with E-state index in [4.69, 9.17) is 11.6 Å². The lowest BCUT2D eigenvalue weighted by Gasteiger charge is -2.08. The van der Waals surface area contributed by atoms with Gasteiger partial charge >= 0.3 is 6.03 Å². The zero-order valence-corrected chi connectivity index (χ0v) is 11.5. The minimum Gasteiger partial charge on any atom is -0.331 e. The van der Waals surface area contributed by atoms with Crippen molar-refractivity contribution in [2.45, 2.75) is 25.9 Å². The van der Waals surface area contributed by atoms with Gasteiger partial charge in [0.1, 0.15) is 5.82 Å². The van der Waals surface area contributed by atoms with Crippen molar-refractivity contribution in [2.24, 2.45) is 0 Å². The predicted molar refractivity (Wildman–Crippen MR) is 75.7 cm³/mol. The standard InChI is InChI=1S/C13H14ClN5O/c14-9-3-1-4-10(7-9)16-13(20)15-8-12-18-17-11-5-2-6-19(11)12/h1,3-4,7H,2,5-6,8H2,(H2,15,16,20). The van der Waals surface area contributed by atoms with E-state index in [-0.39, 0.29) is 6.03 Å². The van der Waals surface area contributed by atoms with Crippen LogP contribution < -0.4 is 10.6 Å². The average Bonchev–Trinajstić information content (AvgIpc) is 2.99. The molecule has 2 aromatic rings. The fourth-order valence-electron chi connectivity index (χ4n) is 2.24. The van der Waals surface area contributed by atoms with Crippen LogP contribution in [0.4, 0.5) is 10.5 Å². The number of amides is 2. The van der Waals surface area contributed by atoms with Gasteiger partial charge in [-0.2, -0.15) is 0 Å². The van der Waals surface area contributed by atoms with Crippen LogP contribution in [-0.2, 0) is 19.5 Å². The molecular weight excluding hydrogens is 278 g/mol. The van der Waals surface area contributed by atoms with Gasteiger partial charge in [-0.05, 0) is 24.6 Å². The van der Waals surface area contributed by atoms with Crippen LogP contribution in [0.5, 0.6) is 0 Å². The topological polar surface area (TPSA) is 71.8 Å². The summed E-state index contributed by atoms with van der Waals surface area (Å²) < 4.78 is 2.06. The number of rotatable bonds is 3. The molecule has 20 heavy (non-hydrogen) atoms. The number of aryl methyl sites for hydroxylation is 1. The van der Waals surface area contributed by atoms with Crippen LogP contribution in [0.3, 0.4) is 0 Å². The number of carbonyl (C=O) groups is 1. The second-order valence-electron chi connectivity index (χ2n) is 4.61. The largest absolute Gasteiger partial charge is 0.331 e. The maximum Gasteiger partial charge on any atom is 0.319 e. The van der Waals surface area contributed by atoms with Gasteiger partial charge in [-0.15, -0.1) is 10.2 Å². The Bertz CT molecular complexity index is 639. The molecule has 1 aliphatic rings. The molecule has 104 valence electrons. The van der Waals surface area contributed by atoms with Crippen molar-refractivity contribution in [1.29, 1.82) is 0 Å². The highest BCUT2D eigenvalue weighted by Crippen LogP contribution is 2.15. The lowest BCUT2D eigenvalue weighted by Crippen LogP contribution is -2.29. The zero-order valence-electron chi connectivity index (χ0n) is 10.8. The van der Waals surface area contributed by atoms with Gasteiger partial charge in [0, 0.05) is 23.7 Å². The van der Waals surface area contributed by atoms with Crippen LogP contribution in [0.2, 0.25) is 5.02 Å². The van der Waals surface area contributed by atoms with Gasteiger partial charge in [-0.25, -0.2) is 4.79 Å². The summed E-state index contributed by atoms with van der Waals surface area (Å²) in [7, 11) is 0. The van der Waals surface area contributed by atoms with Crippen LogP contribution in [0.25, 0.3) is 0 Å². The second-order valence-corrected chi connectivity index (χ2v) is 5.04. The molecule has 6 nitrogen and oxygen atoms in total. The van der Waals surface area contributed by atoms with E-state index >= 15 is 0 Å². The number of hydrogen-bond acceptors (Lipinski definition) is 3. The first kappa shape index (κ1) is 12.9. The Morgan fingerprint density at radius 2 is 2.30 bits per heavy atom. The van der Waals surface area contributed by atoms with Crippen LogP contribution in [0.1, 0.15) is 18.1 Å². The maximum absolute atomic E-state index is 11.8. The fourth-order valence-corrected chi connectivity index (χ4v) is 2.43. The summed E-state index contributed by atoms with van der Waals surface area (Å²) in [6, 6.07) is 6.71. The second kappa shape index (κ2) is 5.50. The van der Waals surface area contributed by atoms with Crippen molar-refractivity contribution < 1.29 is 4.79 Å². The fraction of sp³-hybridized carbons (Fsp3) is 0.308. The molecule has 2 amide bonds. The first-order valence-electron chi connectivity index (χ1n) is 6.44. The molecule has 0 bridgehead atoms. The maximum atomic E-state index is 11.8. The van der Waals surface area contributed by atoms with Gasteiger partial charge in [0.25, 0.3) is 0 Å². The van der Waals surface area contributed by atoms with Crippen LogP contribution in [0, 0.1) is 0 Å². The van der Waals surface area contributed by atoms with E-state index in [0.717, 1.165) is 31.0 Å². The molecule has 0 fully saturated rings. The Kier molecular flexibility index (Phi) is 3.56. The first-order chi connectivity index (χ1) is 9.72. The molecule has 3 rings (SSSR count). The normalized spacial score (nSPS) is 13.1. The SMILES string of the molecule is O=C(NCc1nnc2n1CCC2)Nc1cccc(Cl)c1. The highest BCUT2D eigenvalue weighted by molar-refractivity contribution is 6.30. The number of benzene rings is 1. The molecule has 7 heteroatoms. The Morgan fingerprint density at radius 3 is 3.15 bits per heavy atom. The molecule has 1 aromatic heterocycles. The van der Waals surface area contributed by atoms with Gasteiger partial charge < -0.3 is 15.2 Å². The predicted octanol–water partition coefficient (Wildman–Crippen LogP) is 2.20. The van der Waals surface area contributed by atoms with E-state index in [1.165, 1.54) is 0 Å². The molecule has 0 saturated carbocycles. The monoisotopic (exact) mass is 291 g/mol. The average molecular weight is 292 g/mol. The highest BCUT2D eigenvalue weighted by Gasteiger charge is 2.17. The van der Waals surface area contributed by atoms with Gasteiger partial charge in [0.2, 0.25) is 0 Å². The Balaban J connectivity index is 1.57. The highest BCUT2D eigenvalue weighted by atomic mass is 35.5. The van der Waals surface area contributed by atoms with E-state index < -0.39 is 0 Å². The molecule has 0 aliphatic carbocycles. The number of nitrogens with zero attached hydrogens (tertiary/aromatic N) is 3. The lowest BCUT2D eigenvalue weighted by molar-refractivity contribution is 0.251. The van der Waals surface area contributed by atoms with Crippen molar-refractivity contribution in [2.75, 3.05) is 5.32 Å². The summed E-state index contributed by atoms with van der Waals surface area (Å²) >= 11 is 5.86. The van der Waals surface area contributed by atoms with Gasteiger partial charge in [-0.3, -0.25) is 0 Å². The number of nitrogens with one attached hydrogen (secondary N) is 2. The third kappa shape index (κ3) is 2.75. The molecule has 0 unspecified atom stereocenters. The van der Waals surface area contributed by atoms with Crippen LogP contribution in [0.15, 0.2) is 24.3 Å². The third-order valence-electron chi connectivity index (χ3n) is 3.18. The number of aromatic nitrogens is 3. The van der Waals surface area contributed by atoms with Crippen LogP contribution in [-0.4, -0.2) is 20.8 Å². The Labute approximate surface area is 121 Å². The Morgan fingerprint density at radius 1 is 1.40 bits per heavy atom. The number of halogens is 1. The molecule has 0 atom stereocenters. The lowest BCUT2D eigenvalue weighted by atomic mass is 10.3. The molecule has 0 radical (unpaired) electrons. The summed E-state index contributed by atoms with van der Waals surface area (Å²) in [5, 5.41) is 14.2. The molecule has 2 N–H and O–H groups in total. The van der Waals surface area contributed by atoms with Gasteiger partial charge in [0.15, 0.2) is 5.82 Å². The number of anilines is 1. The van der Waals surface area contributed by atoms with E-state index in [9.17, 15) is 4.79 Å². The zero-order chi connectivity index (χ0) is 13.9. The molecule has 1 aromatic carbocycles. The first-order valence-corrected chi connectivity index (χ1v) is 6.81. The minimum atomic E-state index is -0.289. The summed E-state index contributed by atoms with van der Waals surface area (Å²) in [4.78, 5) is 11.8. The van der Waals surface area contributed by atoms with Crippen molar-refractivity contribution in [3.05, 3.63) is 40.9 Å². The van der Waals surface area contributed by atoms with Gasteiger partial charge in [0.05, 0.1) is 6.54 Å². The number of carbonyl (C=O) groups excluding carboxylic acids is 1. The van der Waals surface area contributed by atoms with E-state index in [1.54, 1.807) is 24.3 Å².